The Balaban J connectivity index is 2.16. The van der Waals surface area contributed by atoms with E-state index in [2.05, 4.69) is 10.3 Å². The molecule has 5 nitrogen and oxygen atoms in total. The van der Waals surface area contributed by atoms with E-state index in [1.165, 1.54) is 0 Å². The molecule has 1 aromatic heterocycles. The Kier molecular flexibility index (Phi) is 4.19. The molecule has 0 atom stereocenters. The predicted octanol–water partition coefficient (Wildman–Crippen LogP) is 1.96. The lowest BCUT2D eigenvalue weighted by atomic mass is 10.1. The van der Waals surface area contributed by atoms with Crippen LogP contribution in [0.3, 0.4) is 0 Å². The van der Waals surface area contributed by atoms with Gasteiger partial charge in [0, 0.05) is 11.7 Å². The number of aryl methyl sites for hydroxylation is 1. The van der Waals surface area contributed by atoms with E-state index in [1.54, 1.807) is 13.8 Å². The van der Waals surface area contributed by atoms with Gasteiger partial charge in [0.2, 0.25) is 0 Å². The molecule has 1 aliphatic heterocycles. The number of carboxylic acids is 1. The van der Waals surface area contributed by atoms with Gasteiger partial charge in [0.25, 0.3) is 5.91 Å². The highest BCUT2D eigenvalue weighted by molar-refractivity contribution is 7.99. The van der Waals surface area contributed by atoms with E-state index in [0.29, 0.717) is 16.8 Å². The summed E-state index contributed by atoms with van der Waals surface area (Å²) >= 11 is 1.90. The molecule has 1 aromatic rings. The van der Waals surface area contributed by atoms with Crippen LogP contribution in [0.4, 0.5) is 0 Å². The van der Waals surface area contributed by atoms with Crippen LogP contribution >= 0.6 is 11.8 Å². The summed E-state index contributed by atoms with van der Waals surface area (Å²) in [6.45, 7) is 3.39. The van der Waals surface area contributed by atoms with Gasteiger partial charge in [-0.05, 0) is 43.8 Å². The van der Waals surface area contributed by atoms with Crippen LogP contribution in [0.25, 0.3) is 0 Å². The van der Waals surface area contributed by atoms with Gasteiger partial charge in [0.1, 0.15) is 5.69 Å². The predicted molar refractivity (Wildman–Crippen MR) is 75.0 cm³/mol. The second kappa shape index (κ2) is 5.69. The highest BCUT2D eigenvalue weighted by atomic mass is 32.2. The van der Waals surface area contributed by atoms with Crippen LogP contribution in [0.1, 0.15) is 44.9 Å². The number of carbonyl (C=O) groups excluding carboxylic acids is 1. The van der Waals surface area contributed by atoms with Gasteiger partial charge in [-0.25, -0.2) is 4.79 Å². The fourth-order valence-electron chi connectivity index (χ4n) is 2.40. The lowest BCUT2D eigenvalue weighted by Crippen LogP contribution is -2.37. The minimum absolute atomic E-state index is 0.0989. The maximum absolute atomic E-state index is 12.3. The summed E-state index contributed by atoms with van der Waals surface area (Å²) in [7, 11) is 0. The van der Waals surface area contributed by atoms with Crippen LogP contribution in [0.5, 0.6) is 0 Å². The summed E-state index contributed by atoms with van der Waals surface area (Å²) in [5.74, 6) is 0.928. The molecule has 0 saturated carbocycles. The zero-order valence-electron chi connectivity index (χ0n) is 11.1. The van der Waals surface area contributed by atoms with Gasteiger partial charge in [0.05, 0.1) is 5.56 Å². The van der Waals surface area contributed by atoms with Gasteiger partial charge in [-0.1, -0.05) is 0 Å². The number of carbonyl (C=O) groups is 2. The zero-order valence-corrected chi connectivity index (χ0v) is 11.9. The maximum atomic E-state index is 12.3. The van der Waals surface area contributed by atoms with Crippen molar-refractivity contribution < 1.29 is 14.7 Å². The van der Waals surface area contributed by atoms with Crippen molar-refractivity contribution in [3.63, 3.8) is 0 Å². The van der Waals surface area contributed by atoms with Crippen molar-refractivity contribution in [2.24, 2.45) is 0 Å². The number of amides is 1. The van der Waals surface area contributed by atoms with Gasteiger partial charge < -0.3 is 15.4 Å². The van der Waals surface area contributed by atoms with Crippen LogP contribution < -0.4 is 5.32 Å². The third-order valence-corrected chi connectivity index (χ3v) is 4.48. The molecule has 6 heteroatoms. The molecule has 19 heavy (non-hydrogen) atoms. The van der Waals surface area contributed by atoms with Gasteiger partial charge in [-0.2, -0.15) is 11.8 Å². The summed E-state index contributed by atoms with van der Waals surface area (Å²) in [5, 5.41) is 12.0. The van der Waals surface area contributed by atoms with Crippen molar-refractivity contribution in [1.82, 2.24) is 10.3 Å². The summed E-state index contributed by atoms with van der Waals surface area (Å²) < 4.78 is 0. The van der Waals surface area contributed by atoms with E-state index < -0.39 is 5.97 Å². The van der Waals surface area contributed by atoms with E-state index in [-0.39, 0.29) is 17.6 Å². The van der Waals surface area contributed by atoms with Crippen molar-refractivity contribution in [3.05, 3.63) is 22.5 Å². The van der Waals surface area contributed by atoms with Gasteiger partial charge in [0.15, 0.2) is 0 Å². The highest BCUT2D eigenvalue weighted by Gasteiger charge is 2.24. The molecule has 1 amide bonds. The molecule has 104 valence electrons. The minimum atomic E-state index is -1.03. The fourth-order valence-corrected chi connectivity index (χ4v) is 3.51. The smallest absolute Gasteiger partial charge is 0.352 e. The average molecular weight is 282 g/mol. The first kappa shape index (κ1) is 14.0. The number of nitrogens with one attached hydrogen (secondary N) is 2. The molecule has 2 heterocycles. The van der Waals surface area contributed by atoms with Crippen LogP contribution in [0.15, 0.2) is 0 Å². The molecule has 0 unspecified atom stereocenters. The van der Waals surface area contributed by atoms with Gasteiger partial charge in [-0.15, -0.1) is 0 Å². The van der Waals surface area contributed by atoms with Crippen molar-refractivity contribution in [2.45, 2.75) is 32.7 Å². The number of H-pyrrole nitrogens is 1. The summed E-state index contributed by atoms with van der Waals surface area (Å²) in [4.78, 5) is 26.1. The number of hydrogen-bond acceptors (Lipinski definition) is 3. The molecule has 1 saturated heterocycles. The third kappa shape index (κ3) is 2.94. The monoisotopic (exact) mass is 282 g/mol. The molecule has 0 bridgehead atoms. The van der Waals surface area contributed by atoms with Crippen LogP contribution in [0.2, 0.25) is 0 Å². The third-order valence-electron chi connectivity index (χ3n) is 3.43. The highest BCUT2D eigenvalue weighted by Crippen LogP contribution is 2.20. The van der Waals surface area contributed by atoms with Crippen molar-refractivity contribution in [3.8, 4) is 0 Å². The van der Waals surface area contributed by atoms with Crippen LogP contribution in [-0.2, 0) is 0 Å². The number of thioether (sulfide) groups is 1. The fraction of sp³-hybridized carbons (Fsp3) is 0.538. The summed E-state index contributed by atoms with van der Waals surface area (Å²) in [5.41, 5.74) is 1.68. The standard InChI is InChI=1S/C13H18N2O3S/c1-7-10(8(2)14-11(7)13(17)18)12(16)15-9-3-5-19-6-4-9/h9,14H,3-6H2,1-2H3,(H,15,16)(H,17,18). The Morgan fingerprint density at radius 2 is 1.95 bits per heavy atom. The number of aromatic amines is 1. The molecule has 0 spiro atoms. The van der Waals surface area contributed by atoms with Crippen LogP contribution in [-0.4, -0.2) is 39.5 Å². The van der Waals surface area contributed by atoms with E-state index in [9.17, 15) is 9.59 Å². The zero-order chi connectivity index (χ0) is 14.0. The molecule has 3 N–H and O–H groups in total. The van der Waals surface area contributed by atoms with Crippen molar-refractivity contribution in [2.75, 3.05) is 11.5 Å². The lowest BCUT2D eigenvalue weighted by Gasteiger charge is -2.22. The SMILES string of the molecule is Cc1[nH]c(C(=O)O)c(C)c1C(=O)NC1CCSCC1. The largest absolute Gasteiger partial charge is 0.477 e. The molecular formula is C13H18N2O3S. The van der Waals surface area contributed by atoms with Crippen LogP contribution in [0, 0.1) is 13.8 Å². The molecule has 2 rings (SSSR count). The van der Waals surface area contributed by atoms with E-state index >= 15 is 0 Å². The first-order valence-electron chi connectivity index (χ1n) is 6.31. The normalized spacial score (nSPS) is 16.3. The first-order valence-corrected chi connectivity index (χ1v) is 7.47. The Morgan fingerprint density at radius 1 is 1.32 bits per heavy atom. The molecule has 1 fully saturated rings. The lowest BCUT2D eigenvalue weighted by molar-refractivity contribution is 0.0690. The molecule has 0 aromatic carbocycles. The summed E-state index contributed by atoms with van der Waals surface area (Å²) in [6, 6.07) is 0.204. The number of carboxylic acid groups (broad SMARTS) is 1. The topological polar surface area (TPSA) is 82.2 Å². The average Bonchev–Trinajstić information content (AvgIpc) is 2.66. The van der Waals surface area contributed by atoms with Gasteiger partial charge in [-0.3, -0.25) is 4.79 Å². The Morgan fingerprint density at radius 3 is 2.47 bits per heavy atom. The Bertz CT molecular complexity index is 504. The number of hydrogen-bond donors (Lipinski definition) is 3. The maximum Gasteiger partial charge on any atom is 0.352 e. The second-order valence-corrected chi connectivity index (χ2v) is 6.02. The molecule has 1 aliphatic rings. The molecule has 0 radical (unpaired) electrons. The van der Waals surface area contributed by atoms with Gasteiger partial charge >= 0.3 is 5.97 Å². The van der Waals surface area contributed by atoms with Crippen molar-refractivity contribution >= 4 is 23.6 Å². The second-order valence-electron chi connectivity index (χ2n) is 4.79. The Hall–Kier alpha value is -1.43. The molecular weight excluding hydrogens is 264 g/mol. The Labute approximate surface area is 116 Å². The van der Waals surface area contributed by atoms with E-state index in [1.807, 2.05) is 11.8 Å². The van der Waals surface area contributed by atoms with E-state index in [0.717, 1.165) is 24.3 Å². The number of aromatic carboxylic acids is 1. The molecule has 0 aliphatic carbocycles. The number of rotatable bonds is 3. The van der Waals surface area contributed by atoms with Crippen molar-refractivity contribution in [1.29, 1.82) is 0 Å². The minimum Gasteiger partial charge on any atom is -0.477 e. The summed E-state index contributed by atoms with van der Waals surface area (Å²) in [6.07, 6.45) is 1.95. The quantitative estimate of drug-likeness (QED) is 0.791. The number of aromatic nitrogens is 1. The van der Waals surface area contributed by atoms with E-state index in [4.69, 9.17) is 5.11 Å². The first-order chi connectivity index (χ1) is 9.00.